The highest BCUT2D eigenvalue weighted by Gasteiger charge is 2.19. The first kappa shape index (κ1) is 16.0. The monoisotopic (exact) mass is 311 g/mol. The number of nitro groups is 1. The van der Waals surface area contributed by atoms with Crippen LogP contribution < -0.4 is 5.32 Å². The summed E-state index contributed by atoms with van der Waals surface area (Å²) >= 11 is 5.91. The number of halogens is 1. The second kappa shape index (κ2) is 7.61. The van der Waals surface area contributed by atoms with Crippen LogP contribution in [0.5, 0.6) is 0 Å². The van der Waals surface area contributed by atoms with Crippen LogP contribution in [0.1, 0.15) is 26.2 Å². The van der Waals surface area contributed by atoms with Gasteiger partial charge in [0.15, 0.2) is 0 Å². The fourth-order valence-electron chi connectivity index (χ4n) is 2.78. The number of nitrogens with one attached hydrogen (secondary N) is 1. The lowest BCUT2D eigenvalue weighted by molar-refractivity contribution is -0.383. The molecule has 6 heteroatoms. The van der Waals surface area contributed by atoms with Gasteiger partial charge >= 0.3 is 5.69 Å². The average molecular weight is 312 g/mol. The van der Waals surface area contributed by atoms with Gasteiger partial charge in [0, 0.05) is 13.1 Å². The summed E-state index contributed by atoms with van der Waals surface area (Å²) in [5.41, 5.74) is 0.460. The molecule has 1 saturated heterocycles. The molecule has 1 aromatic carbocycles. The maximum absolute atomic E-state index is 11.1. The van der Waals surface area contributed by atoms with Crippen molar-refractivity contribution in [2.45, 2.75) is 26.2 Å². The molecule has 1 N–H and O–H groups in total. The molecular weight excluding hydrogens is 290 g/mol. The van der Waals surface area contributed by atoms with Gasteiger partial charge < -0.3 is 10.2 Å². The molecule has 0 spiro atoms. The van der Waals surface area contributed by atoms with E-state index in [0.29, 0.717) is 18.2 Å². The number of rotatable bonds is 6. The summed E-state index contributed by atoms with van der Waals surface area (Å²) < 4.78 is 0. The van der Waals surface area contributed by atoms with Crippen LogP contribution in [0.4, 0.5) is 11.4 Å². The van der Waals surface area contributed by atoms with E-state index in [2.05, 4.69) is 17.1 Å². The third-order valence-corrected chi connectivity index (χ3v) is 4.13. The topological polar surface area (TPSA) is 58.4 Å². The summed E-state index contributed by atoms with van der Waals surface area (Å²) in [7, 11) is 0. The maximum atomic E-state index is 11.1. The predicted molar refractivity (Wildman–Crippen MR) is 86.1 cm³/mol. The Morgan fingerprint density at radius 1 is 1.38 bits per heavy atom. The van der Waals surface area contributed by atoms with Gasteiger partial charge in [0.1, 0.15) is 10.7 Å². The van der Waals surface area contributed by atoms with E-state index in [1.165, 1.54) is 32.4 Å². The summed E-state index contributed by atoms with van der Waals surface area (Å²) in [5, 5.41) is 14.4. The minimum Gasteiger partial charge on any atom is -0.379 e. The zero-order valence-corrected chi connectivity index (χ0v) is 13.1. The van der Waals surface area contributed by atoms with Crippen molar-refractivity contribution >= 4 is 23.0 Å². The number of piperidine rings is 1. The van der Waals surface area contributed by atoms with Crippen molar-refractivity contribution in [1.29, 1.82) is 0 Å². The van der Waals surface area contributed by atoms with Crippen molar-refractivity contribution in [2.75, 3.05) is 31.5 Å². The van der Waals surface area contributed by atoms with Gasteiger partial charge in [-0.2, -0.15) is 0 Å². The number of likely N-dealkylation sites (tertiary alicyclic amines) is 1. The molecule has 0 aromatic heterocycles. The van der Waals surface area contributed by atoms with Crippen molar-refractivity contribution in [2.24, 2.45) is 5.92 Å². The standard InChI is InChI=1S/C15H22ClN3O2/c1-12(11-18-8-3-2-4-9-18)10-17-14-7-5-6-13(16)15(14)19(20)21/h5-7,12,17H,2-4,8-11H2,1H3. The Morgan fingerprint density at radius 3 is 2.76 bits per heavy atom. The lowest BCUT2D eigenvalue weighted by atomic mass is 10.1. The predicted octanol–water partition coefficient (Wildman–Crippen LogP) is 3.78. The van der Waals surface area contributed by atoms with E-state index in [0.717, 1.165) is 6.54 Å². The Morgan fingerprint density at radius 2 is 2.10 bits per heavy atom. The fourth-order valence-corrected chi connectivity index (χ4v) is 3.02. The lowest BCUT2D eigenvalue weighted by Gasteiger charge is -2.29. The number of benzene rings is 1. The van der Waals surface area contributed by atoms with E-state index < -0.39 is 4.92 Å². The minimum absolute atomic E-state index is 0.0376. The fraction of sp³-hybridized carbons (Fsp3) is 0.600. The summed E-state index contributed by atoms with van der Waals surface area (Å²) in [6.07, 6.45) is 3.89. The Labute approximate surface area is 130 Å². The second-order valence-corrected chi connectivity index (χ2v) is 6.15. The SMILES string of the molecule is CC(CNc1cccc(Cl)c1[N+](=O)[O-])CN1CCCCC1. The molecule has 5 nitrogen and oxygen atoms in total. The smallest absolute Gasteiger partial charge is 0.310 e. The van der Waals surface area contributed by atoms with Crippen LogP contribution in [0.3, 0.4) is 0 Å². The number of hydrogen-bond donors (Lipinski definition) is 1. The van der Waals surface area contributed by atoms with E-state index in [4.69, 9.17) is 11.6 Å². The molecule has 0 radical (unpaired) electrons. The van der Waals surface area contributed by atoms with E-state index in [9.17, 15) is 10.1 Å². The lowest BCUT2D eigenvalue weighted by Crippen LogP contribution is -2.35. The molecule has 0 bridgehead atoms. The largest absolute Gasteiger partial charge is 0.379 e. The number of para-hydroxylation sites is 1. The van der Waals surface area contributed by atoms with E-state index in [1.54, 1.807) is 18.2 Å². The second-order valence-electron chi connectivity index (χ2n) is 5.74. The Balaban J connectivity index is 1.90. The molecule has 1 atom stereocenters. The van der Waals surface area contributed by atoms with Crippen molar-refractivity contribution in [3.8, 4) is 0 Å². The first-order chi connectivity index (χ1) is 10.1. The van der Waals surface area contributed by atoms with Gasteiger partial charge in [0.25, 0.3) is 0 Å². The average Bonchev–Trinajstić information content (AvgIpc) is 2.45. The van der Waals surface area contributed by atoms with Crippen LogP contribution in [0, 0.1) is 16.0 Å². The number of anilines is 1. The van der Waals surface area contributed by atoms with E-state index in [-0.39, 0.29) is 10.7 Å². The van der Waals surface area contributed by atoms with E-state index in [1.807, 2.05) is 0 Å². The molecule has 2 rings (SSSR count). The number of nitro benzene ring substituents is 1. The molecular formula is C15H22ClN3O2. The molecule has 1 heterocycles. The van der Waals surface area contributed by atoms with Crippen LogP contribution in [0.15, 0.2) is 18.2 Å². The third-order valence-electron chi connectivity index (χ3n) is 3.83. The van der Waals surface area contributed by atoms with Crippen LogP contribution in [0.25, 0.3) is 0 Å². The van der Waals surface area contributed by atoms with Gasteiger partial charge in [-0.15, -0.1) is 0 Å². The molecule has 116 valence electrons. The van der Waals surface area contributed by atoms with Gasteiger partial charge in [0.05, 0.1) is 4.92 Å². The van der Waals surface area contributed by atoms with Crippen molar-refractivity contribution < 1.29 is 4.92 Å². The zero-order chi connectivity index (χ0) is 15.2. The van der Waals surface area contributed by atoms with Crippen molar-refractivity contribution in [3.05, 3.63) is 33.3 Å². The Kier molecular flexibility index (Phi) is 5.82. The molecule has 21 heavy (non-hydrogen) atoms. The zero-order valence-electron chi connectivity index (χ0n) is 12.3. The molecule has 1 aliphatic heterocycles. The normalized spacial score (nSPS) is 17.4. The number of nitrogens with zero attached hydrogens (tertiary/aromatic N) is 2. The van der Waals surface area contributed by atoms with Gasteiger partial charge in [-0.05, 0) is 44.0 Å². The molecule has 1 fully saturated rings. The highest BCUT2D eigenvalue weighted by molar-refractivity contribution is 6.33. The molecule has 1 unspecified atom stereocenters. The van der Waals surface area contributed by atoms with Crippen LogP contribution in [-0.2, 0) is 0 Å². The highest BCUT2D eigenvalue weighted by Crippen LogP contribution is 2.32. The summed E-state index contributed by atoms with van der Waals surface area (Å²) in [6.45, 7) is 6.24. The first-order valence-electron chi connectivity index (χ1n) is 7.47. The summed E-state index contributed by atoms with van der Waals surface area (Å²) in [5.74, 6) is 0.432. The van der Waals surface area contributed by atoms with Crippen LogP contribution in [-0.4, -0.2) is 36.0 Å². The van der Waals surface area contributed by atoms with Crippen molar-refractivity contribution in [1.82, 2.24) is 4.90 Å². The van der Waals surface area contributed by atoms with Gasteiger partial charge in [0.2, 0.25) is 0 Å². The van der Waals surface area contributed by atoms with Gasteiger partial charge in [-0.3, -0.25) is 10.1 Å². The van der Waals surface area contributed by atoms with Gasteiger partial charge in [-0.1, -0.05) is 31.0 Å². The summed E-state index contributed by atoms with van der Waals surface area (Å²) in [4.78, 5) is 13.1. The van der Waals surface area contributed by atoms with Crippen molar-refractivity contribution in [3.63, 3.8) is 0 Å². The first-order valence-corrected chi connectivity index (χ1v) is 7.85. The number of hydrogen-bond acceptors (Lipinski definition) is 4. The molecule has 0 amide bonds. The molecule has 1 aliphatic rings. The van der Waals surface area contributed by atoms with Gasteiger partial charge in [-0.25, -0.2) is 0 Å². The Bertz CT molecular complexity index is 490. The third kappa shape index (κ3) is 4.58. The minimum atomic E-state index is -0.431. The highest BCUT2D eigenvalue weighted by atomic mass is 35.5. The maximum Gasteiger partial charge on any atom is 0.310 e. The van der Waals surface area contributed by atoms with E-state index >= 15 is 0 Å². The van der Waals surface area contributed by atoms with Crippen LogP contribution >= 0.6 is 11.6 Å². The Hall–Kier alpha value is -1.33. The van der Waals surface area contributed by atoms with Crippen LogP contribution in [0.2, 0.25) is 5.02 Å². The quantitative estimate of drug-likeness (QED) is 0.641. The summed E-state index contributed by atoms with van der Waals surface area (Å²) in [6, 6.07) is 4.98. The molecule has 1 aromatic rings. The molecule has 0 saturated carbocycles. The molecule has 0 aliphatic carbocycles.